The molecule has 0 spiro atoms. The van der Waals surface area contributed by atoms with Crippen molar-refractivity contribution >= 4 is 32.6 Å². The Morgan fingerprint density at radius 2 is 1.96 bits per heavy atom. The van der Waals surface area contributed by atoms with E-state index in [-0.39, 0.29) is 17.2 Å². The number of thiazole rings is 1. The second-order valence-corrected chi connectivity index (χ2v) is 6.72. The summed E-state index contributed by atoms with van der Waals surface area (Å²) in [6.45, 7) is 2.91. The summed E-state index contributed by atoms with van der Waals surface area (Å²) in [6, 6.07) is 2.12. The van der Waals surface area contributed by atoms with Gasteiger partial charge in [0.25, 0.3) is 5.91 Å². The molecule has 132 valence electrons. The van der Waals surface area contributed by atoms with Gasteiger partial charge < -0.3 is 19.3 Å². The second kappa shape index (κ2) is 6.47. The first-order valence-corrected chi connectivity index (χ1v) is 8.68. The van der Waals surface area contributed by atoms with Gasteiger partial charge in [-0.25, -0.2) is 13.8 Å². The van der Waals surface area contributed by atoms with E-state index in [2.05, 4.69) is 4.98 Å². The minimum atomic E-state index is -0.660. The van der Waals surface area contributed by atoms with E-state index in [0.717, 1.165) is 6.07 Å². The maximum atomic E-state index is 13.8. The monoisotopic (exact) mass is 367 g/mol. The maximum Gasteiger partial charge on any atom is 0.292 e. The molecule has 1 aromatic carbocycles. The molecule has 1 fully saturated rings. The van der Waals surface area contributed by atoms with Crippen LogP contribution in [0.15, 0.2) is 24.2 Å². The molecule has 1 saturated heterocycles. The first-order chi connectivity index (χ1) is 12.1. The number of aromatic nitrogens is 1. The van der Waals surface area contributed by atoms with Crippen molar-refractivity contribution < 1.29 is 23.0 Å². The highest BCUT2D eigenvalue weighted by Crippen LogP contribution is 2.31. The van der Waals surface area contributed by atoms with Crippen LogP contribution in [0.3, 0.4) is 0 Å². The standard InChI is InChI=1S/C16H15F2N3O3S/c17-10-7-11(18)14-13(8-10)25-16(19-14)21-3-1-20(2-4-21)15(22)12-9-23-5-6-24-12/h7-9H,1-6H2. The third kappa shape index (κ3) is 3.11. The molecule has 9 heteroatoms. The van der Waals surface area contributed by atoms with E-state index in [1.807, 2.05) is 4.90 Å². The second-order valence-electron chi connectivity index (χ2n) is 5.71. The molecule has 0 aliphatic carbocycles. The molecule has 0 N–H and O–H groups in total. The van der Waals surface area contributed by atoms with E-state index >= 15 is 0 Å². The summed E-state index contributed by atoms with van der Waals surface area (Å²) >= 11 is 1.25. The average molecular weight is 367 g/mol. The smallest absolute Gasteiger partial charge is 0.292 e. The molecule has 1 amide bonds. The lowest BCUT2D eigenvalue weighted by Gasteiger charge is -2.35. The van der Waals surface area contributed by atoms with Crippen molar-refractivity contribution in [2.24, 2.45) is 0 Å². The third-order valence-electron chi connectivity index (χ3n) is 4.10. The number of piperazine rings is 1. The van der Waals surface area contributed by atoms with Gasteiger partial charge in [-0.15, -0.1) is 0 Å². The fraction of sp³-hybridized carbons (Fsp3) is 0.375. The van der Waals surface area contributed by atoms with Crippen molar-refractivity contribution in [1.82, 2.24) is 9.88 Å². The van der Waals surface area contributed by atoms with Gasteiger partial charge in [-0.3, -0.25) is 4.79 Å². The third-order valence-corrected chi connectivity index (χ3v) is 5.16. The zero-order chi connectivity index (χ0) is 17.4. The van der Waals surface area contributed by atoms with E-state index < -0.39 is 11.6 Å². The minimum Gasteiger partial charge on any atom is -0.494 e. The zero-order valence-electron chi connectivity index (χ0n) is 13.2. The SMILES string of the molecule is O=C(C1=COCCO1)N1CCN(c2nc3c(F)cc(F)cc3s2)CC1. The Morgan fingerprint density at radius 1 is 1.16 bits per heavy atom. The number of rotatable bonds is 2. The van der Waals surface area contributed by atoms with Gasteiger partial charge in [-0.1, -0.05) is 11.3 Å². The first kappa shape index (κ1) is 16.1. The van der Waals surface area contributed by atoms with Gasteiger partial charge in [0, 0.05) is 32.2 Å². The first-order valence-electron chi connectivity index (χ1n) is 7.86. The van der Waals surface area contributed by atoms with Crippen molar-refractivity contribution in [1.29, 1.82) is 0 Å². The summed E-state index contributed by atoms with van der Waals surface area (Å²) in [5, 5.41) is 0.628. The van der Waals surface area contributed by atoms with Gasteiger partial charge in [0.15, 0.2) is 10.9 Å². The lowest BCUT2D eigenvalue weighted by Crippen LogP contribution is -2.49. The van der Waals surface area contributed by atoms with Crippen LogP contribution in [-0.4, -0.2) is 55.2 Å². The molecule has 0 radical (unpaired) electrons. The van der Waals surface area contributed by atoms with Crippen molar-refractivity contribution in [2.75, 3.05) is 44.3 Å². The summed E-state index contributed by atoms with van der Waals surface area (Å²) in [5.74, 6) is -1.25. The summed E-state index contributed by atoms with van der Waals surface area (Å²) in [4.78, 5) is 20.3. The molecule has 6 nitrogen and oxygen atoms in total. The van der Waals surface area contributed by atoms with Crippen LogP contribution in [0.25, 0.3) is 10.2 Å². The quantitative estimate of drug-likeness (QED) is 0.814. The van der Waals surface area contributed by atoms with Crippen molar-refractivity contribution in [3.63, 3.8) is 0 Å². The van der Waals surface area contributed by atoms with E-state index in [1.54, 1.807) is 4.90 Å². The Labute approximate surface area is 146 Å². The number of hydrogen-bond acceptors (Lipinski definition) is 6. The molecule has 0 bridgehead atoms. The van der Waals surface area contributed by atoms with Crippen LogP contribution in [0.4, 0.5) is 13.9 Å². The Hall–Kier alpha value is -2.42. The Kier molecular flexibility index (Phi) is 4.16. The number of amides is 1. The van der Waals surface area contributed by atoms with E-state index in [1.165, 1.54) is 23.7 Å². The van der Waals surface area contributed by atoms with Gasteiger partial charge in [0.05, 0.1) is 4.70 Å². The average Bonchev–Trinajstić information content (AvgIpc) is 3.06. The number of carbonyl (C=O) groups is 1. The fourth-order valence-electron chi connectivity index (χ4n) is 2.82. The topological polar surface area (TPSA) is 54.9 Å². The number of fused-ring (bicyclic) bond motifs is 1. The lowest BCUT2D eigenvalue weighted by molar-refractivity contribution is -0.132. The molecule has 1 aromatic heterocycles. The van der Waals surface area contributed by atoms with Crippen LogP contribution < -0.4 is 4.90 Å². The Balaban J connectivity index is 1.46. The molecule has 25 heavy (non-hydrogen) atoms. The maximum absolute atomic E-state index is 13.8. The van der Waals surface area contributed by atoms with Crippen molar-refractivity contribution in [3.8, 4) is 0 Å². The fourth-order valence-corrected chi connectivity index (χ4v) is 3.87. The predicted molar refractivity (Wildman–Crippen MR) is 88.3 cm³/mol. The Bertz CT molecular complexity index is 847. The summed E-state index contributed by atoms with van der Waals surface area (Å²) in [7, 11) is 0. The van der Waals surface area contributed by atoms with Crippen LogP contribution in [0.2, 0.25) is 0 Å². The molecule has 0 saturated carbocycles. The lowest BCUT2D eigenvalue weighted by atomic mass is 10.3. The largest absolute Gasteiger partial charge is 0.494 e. The van der Waals surface area contributed by atoms with Crippen LogP contribution in [0.1, 0.15) is 0 Å². The number of benzene rings is 1. The molecule has 0 unspecified atom stereocenters. The molecule has 2 aliphatic rings. The number of ether oxygens (including phenoxy) is 2. The number of halogens is 2. The van der Waals surface area contributed by atoms with Gasteiger partial charge in [0.1, 0.15) is 30.8 Å². The predicted octanol–water partition coefficient (Wildman–Crippen LogP) is 2.11. The van der Waals surface area contributed by atoms with Crippen LogP contribution in [0.5, 0.6) is 0 Å². The molecule has 2 aliphatic heterocycles. The molecule has 4 rings (SSSR count). The summed E-state index contributed by atoms with van der Waals surface area (Å²) in [5.41, 5.74) is 0.179. The van der Waals surface area contributed by atoms with Gasteiger partial charge in [-0.05, 0) is 6.07 Å². The summed E-state index contributed by atoms with van der Waals surface area (Å²) in [6.07, 6.45) is 1.35. The Morgan fingerprint density at radius 3 is 2.68 bits per heavy atom. The molecule has 3 heterocycles. The summed E-state index contributed by atoms with van der Waals surface area (Å²) < 4.78 is 38.0. The highest BCUT2D eigenvalue weighted by molar-refractivity contribution is 7.22. The minimum absolute atomic E-state index is 0.179. The van der Waals surface area contributed by atoms with Crippen LogP contribution >= 0.6 is 11.3 Å². The number of anilines is 1. The van der Waals surface area contributed by atoms with E-state index in [0.29, 0.717) is 49.2 Å². The highest BCUT2D eigenvalue weighted by atomic mass is 32.1. The van der Waals surface area contributed by atoms with E-state index in [4.69, 9.17) is 9.47 Å². The van der Waals surface area contributed by atoms with Gasteiger partial charge in [-0.2, -0.15) is 0 Å². The molecular weight excluding hydrogens is 352 g/mol. The normalized spacial score (nSPS) is 17.9. The molecule has 0 atom stereocenters. The van der Waals surface area contributed by atoms with E-state index in [9.17, 15) is 13.6 Å². The zero-order valence-corrected chi connectivity index (χ0v) is 14.0. The van der Waals surface area contributed by atoms with Gasteiger partial charge >= 0.3 is 0 Å². The highest BCUT2D eigenvalue weighted by Gasteiger charge is 2.27. The van der Waals surface area contributed by atoms with Gasteiger partial charge in [0.2, 0.25) is 5.76 Å². The number of carbonyl (C=O) groups excluding carboxylic acids is 1. The molecular formula is C16H15F2N3O3S. The number of nitrogens with zero attached hydrogens (tertiary/aromatic N) is 3. The molecule has 2 aromatic rings. The van der Waals surface area contributed by atoms with Crippen molar-refractivity contribution in [3.05, 3.63) is 35.8 Å². The van der Waals surface area contributed by atoms with Crippen LogP contribution in [-0.2, 0) is 14.3 Å². The van der Waals surface area contributed by atoms with Crippen LogP contribution in [0, 0.1) is 11.6 Å². The number of hydrogen-bond donors (Lipinski definition) is 0. The van der Waals surface area contributed by atoms with Crippen molar-refractivity contribution in [2.45, 2.75) is 0 Å².